The normalized spacial score (nSPS) is 14.2. The van der Waals surface area contributed by atoms with Gasteiger partial charge in [-0.2, -0.15) is 5.26 Å². The number of Topliss-reactive ketones (excluding diaryl/α,β-unsaturated/α-hetero) is 1. The topological polar surface area (TPSA) is 40.9 Å². The van der Waals surface area contributed by atoms with Crippen molar-refractivity contribution in [2.45, 2.75) is 26.2 Å². The summed E-state index contributed by atoms with van der Waals surface area (Å²) in [7, 11) is 0. The van der Waals surface area contributed by atoms with Crippen LogP contribution in [-0.4, -0.2) is 5.78 Å². The molecule has 2 heteroatoms. The van der Waals surface area contributed by atoms with E-state index in [-0.39, 0.29) is 17.6 Å². The van der Waals surface area contributed by atoms with E-state index in [0.29, 0.717) is 6.42 Å². The van der Waals surface area contributed by atoms with E-state index >= 15 is 0 Å². The lowest BCUT2D eigenvalue weighted by Crippen LogP contribution is -2.11. The zero-order valence-electron chi connectivity index (χ0n) is 10.3. The number of carbonyl (C=O) groups excluding carboxylic acids is 1. The Labute approximate surface area is 103 Å². The van der Waals surface area contributed by atoms with E-state index < -0.39 is 0 Å². The van der Waals surface area contributed by atoms with Crippen LogP contribution >= 0.6 is 0 Å². The van der Waals surface area contributed by atoms with Gasteiger partial charge < -0.3 is 4.79 Å². The Morgan fingerprint density at radius 2 is 2.06 bits per heavy atom. The molecule has 0 aliphatic carbocycles. The van der Waals surface area contributed by atoms with Gasteiger partial charge in [-0.25, -0.2) is 0 Å². The van der Waals surface area contributed by atoms with Gasteiger partial charge in [-0.15, -0.1) is 0 Å². The zero-order valence-corrected chi connectivity index (χ0v) is 10.3. The highest BCUT2D eigenvalue weighted by molar-refractivity contribution is 5.76. The molecule has 1 aromatic carbocycles. The predicted molar refractivity (Wildman–Crippen MR) is 68.4 cm³/mol. The van der Waals surface area contributed by atoms with E-state index in [1.165, 1.54) is 6.08 Å². The molecule has 0 aliphatic rings. The van der Waals surface area contributed by atoms with Crippen LogP contribution in [0.1, 0.15) is 31.7 Å². The summed E-state index contributed by atoms with van der Waals surface area (Å²) in [6, 6.07) is 12.0. The van der Waals surface area contributed by atoms with E-state index in [9.17, 15) is 4.79 Å². The van der Waals surface area contributed by atoms with E-state index in [1.54, 1.807) is 6.92 Å². The molecule has 0 spiro atoms. The van der Waals surface area contributed by atoms with Crippen LogP contribution in [0.2, 0.25) is 0 Å². The lowest BCUT2D eigenvalue weighted by atomic mass is 9.83. The maximum Gasteiger partial charge on any atom is 0.130 e. The molecule has 0 aromatic heterocycles. The fourth-order valence-electron chi connectivity index (χ4n) is 1.95. The second-order valence-corrected chi connectivity index (χ2v) is 4.27. The van der Waals surface area contributed by atoms with Gasteiger partial charge in [0.25, 0.3) is 0 Å². The molecule has 0 amide bonds. The van der Waals surface area contributed by atoms with E-state index in [1.807, 2.05) is 49.4 Å². The molecular weight excluding hydrogens is 210 g/mol. The Bertz CT molecular complexity index is 428. The minimum absolute atomic E-state index is 0.151. The SMILES string of the molecule is CC(=O)C[C@@H](c1ccccc1)[C@@H](C)/C=C/C#N. The number of rotatable bonds is 5. The molecule has 0 N–H and O–H groups in total. The Morgan fingerprint density at radius 1 is 1.41 bits per heavy atom. The minimum atomic E-state index is 0.151. The first-order chi connectivity index (χ1) is 8.15. The molecule has 17 heavy (non-hydrogen) atoms. The van der Waals surface area contributed by atoms with Gasteiger partial charge >= 0.3 is 0 Å². The molecule has 0 radical (unpaired) electrons. The van der Waals surface area contributed by atoms with Gasteiger partial charge in [0.15, 0.2) is 0 Å². The largest absolute Gasteiger partial charge is 0.300 e. The van der Waals surface area contributed by atoms with Crippen molar-refractivity contribution < 1.29 is 4.79 Å². The maximum absolute atomic E-state index is 11.3. The molecule has 0 bridgehead atoms. The van der Waals surface area contributed by atoms with E-state index in [0.717, 1.165) is 5.56 Å². The fourth-order valence-corrected chi connectivity index (χ4v) is 1.95. The monoisotopic (exact) mass is 227 g/mol. The van der Waals surface area contributed by atoms with Crippen molar-refractivity contribution in [1.82, 2.24) is 0 Å². The van der Waals surface area contributed by atoms with Crippen molar-refractivity contribution in [2.75, 3.05) is 0 Å². The lowest BCUT2D eigenvalue weighted by molar-refractivity contribution is -0.117. The molecule has 1 aromatic rings. The average molecular weight is 227 g/mol. The van der Waals surface area contributed by atoms with Crippen LogP contribution in [0.3, 0.4) is 0 Å². The molecule has 2 nitrogen and oxygen atoms in total. The molecule has 0 unspecified atom stereocenters. The number of carbonyl (C=O) groups is 1. The number of nitrogens with zero attached hydrogens (tertiary/aromatic N) is 1. The van der Waals surface area contributed by atoms with Crippen LogP contribution in [-0.2, 0) is 4.79 Å². The molecule has 2 atom stereocenters. The summed E-state index contributed by atoms with van der Waals surface area (Å²) in [5.41, 5.74) is 1.15. The Hall–Kier alpha value is -1.88. The quantitative estimate of drug-likeness (QED) is 0.723. The van der Waals surface area contributed by atoms with Crippen molar-refractivity contribution in [3.63, 3.8) is 0 Å². The molecule has 0 saturated carbocycles. The summed E-state index contributed by atoms with van der Waals surface area (Å²) in [6.45, 7) is 3.64. The number of hydrogen-bond donors (Lipinski definition) is 0. The summed E-state index contributed by atoms with van der Waals surface area (Å²) >= 11 is 0. The molecule has 1 rings (SSSR count). The Balaban J connectivity index is 2.92. The number of ketones is 1. The van der Waals surface area contributed by atoms with Gasteiger partial charge in [0.2, 0.25) is 0 Å². The summed E-state index contributed by atoms with van der Waals surface area (Å²) < 4.78 is 0. The van der Waals surface area contributed by atoms with Crippen molar-refractivity contribution in [3.8, 4) is 6.07 Å². The average Bonchev–Trinajstić information content (AvgIpc) is 2.34. The summed E-state index contributed by atoms with van der Waals surface area (Å²) in [5, 5.41) is 8.55. The number of hydrogen-bond acceptors (Lipinski definition) is 2. The highest BCUT2D eigenvalue weighted by Gasteiger charge is 2.18. The summed E-state index contributed by atoms with van der Waals surface area (Å²) in [5.74, 6) is 0.510. The highest BCUT2D eigenvalue weighted by atomic mass is 16.1. The van der Waals surface area contributed by atoms with Crippen LogP contribution < -0.4 is 0 Å². The third-order valence-corrected chi connectivity index (χ3v) is 2.84. The molecular formula is C15H17NO. The third-order valence-electron chi connectivity index (χ3n) is 2.84. The second-order valence-electron chi connectivity index (χ2n) is 4.27. The van der Waals surface area contributed by atoms with Crippen molar-refractivity contribution in [3.05, 3.63) is 48.0 Å². The van der Waals surface area contributed by atoms with Crippen LogP contribution in [0.25, 0.3) is 0 Å². The van der Waals surface area contributed by atoms with Gasteiger partial charge in [0.05, 0.1) is 6.07 Å². The maximum atomic E-state index is 11.3. The van der Waals surface area contributed by atoms with E-state index in [4.69, 9.17) is 5.26 Å². The molecule has 88 valence electrons. The number of allylic oxidation sites excluding steroid dienone is 2. The van der Waals surface area contributed by atoms with Gasteiger partial charge in [-0.1, -0.05) is 43.3 Å². The van der Waals surface area contributed by atoms with Crippen LogP contribution in [0, 0.1) is 17.2 Å². The summed E-state index contributed by atoms with van der Waals surface area (Å²) in [4.78, 5) is 11.3. The first-order valence-corrected chi connectivity index (χ1v) is 5.75. The zero-order chi connectivity index (χ0) is 12.7. The van der Waals surface area contributed by atoms with Crippen molar-refractivity contribution in [1.29, 1.82) is 5.26 Å². The number of benzene rings is 1. The van der Waals surface area contributed by atoms with Crippen LogP contribution in [0.15, 0.2) is 42.5 Å². The molecule has 0 aliphatic heterocycles. The van der Waals surface area contributed by atoms with Crippen molar-refractivity contribution in [2.24, 2.45) is 5.92 Å². The predicted octanol–water partition coefficient (Wildman–Crippen LogP) is 3.47. The number of nitriles is 1. The molecule has 0 fully saturated rings. The first kappa shape index (κ1) is 13.2. The third kappa shape index (κ3) is 4.24. The highest BCUT2D eigenvalue weighted by Crippen LogP contribution is 2.29. The minimum Gasteiger partial charge on any atom is -0.300 e. The first-order valence-electron chi connectivity index (χ1n) is 5.75. The second kappa shape index (κ2) is 6.65. The fraction of sp³-hybridized carbons (Fsp3) is 0.333. The molecule has 0 heterocycles. The van der Waals surface area contributed by atoms with E-state index in [2.05, 4.69) is 0 Å². The van der Waals surface area contributed by atoms with Crippen LogP contribution in [0.4, 0.5) is 0 Å². The standard InChI is InChI=1S/C15H17NO/c1-12(7-6-10-16)15(11-13(2)17)14-8-4-3-5-9-14/h3-9,12,15H,11H2,1-2H3/b7-6+/t12-,15+/m0/s1. The van der Waals surface area contributed by atoms with Crippen molar-refractivity contribution >= 4 is 5.78 Å². The smallest absolute Gasteiger partial charge is 0.130 e. The van der Waals surface area contributed by atoms with Gasteiger partial charge in [-0.3, -0.25) is 0 Å². The molecule has 0 saturated heterocycles. The van der Waals surface area contributed by atoms with Gasteiger partial charge in [-0.05, 0) is 24.3 Å². The lowest BCUT2D eigenvalue weighted by Gasteiger charge is -2.20. The van der Waals surface area contributed by atoms with Gasteiger partial charge in [0, 0.05) is 12.5 Å². The Kier molecular flexibility index (Phi) is 5.16. The van der Waals surface area contributed by atoms with Gasteiger partial charge in [0.1, 0.15) is 5.78 Å². The Morgan fingerprint density at radius 3 is 2.59 bits per heavy atom. The summed E-state index contributed by atoms with van der Waals surface area (Å²) in [6.07, 6.45) is 3.86. The van der Waals surface area contributed by atoms with Crippen LogP contribution in [0.5, 0.6) is 0 Å².